The predicted octanol–water partition coefficient (Wildman–Crippen LogP) is 6.14. The molecule has 2 bridgehead atoms. The van der Waals surface area contributed by atoms with E-state index in [2.05, 4.69) is 41.5 Å². The summed E-state index contributed by atoms with van der Waals surface area (Å²) in [5.41, 5.74) is 1.29. The summed E-state index contributed by atoms with van der Waals surface area (Å²) in [6, 6.07) is 0. The van der Waals surface area contributed by atoms with Gasteiger partial charge in [0.2, 0.25) is 0 Å². The highest BCUT2D eigenvalue weighted by molar-refractivity contribution is 5.16. The molecule has 158 valence electrons. The Kier molecular flexibility index (Phi) is 6.36. The minimum atomic E-state index is -0.0129. The Morgan fingerprint density at radius 1 is 0.815 bits per heavy atom. The van der Waals surface area contributed by atoms with Gasteiger partial charge in [0.15, 0.2) is 0 Å². The summed E-state index contributed by atoms with van der Waals surface area (Å²) in [5, 5.41) is 0. The van der Waals surface area contributed by atoms with Gasteiger partial charge in [0.1, 0.15) is 0 Å². The summed E-state index contributed by atoms with van der Waals surface area (Å²) >= 11 is 0. The highest BCUT2D eigenvalue weighted by atomic mass is 16.5. The summed E-state index contributed by atoms with van der Waals surface area (Å²) in [6.07, 6.45) is 12.5. The van der Waals surface area contributed by atoms with Crippen molar-refractivity contribution < 1.29 is 14.2 Å². The highest BCUT2D eigenvalue weighted by Gasteiger charge is 2.66. The Hall–Kier alpha value is -0.120. The first-order valence-corrected chi connectivity index (χ1v) is 11.4. The zero-order valence-corrected chi connectivity index (χ0v) is 18.9. The van der Waals surface area contributed by atoms with Gasteiger partial charge in [-0.1, -0.05) is 0 Å². The number of hydrogen-bond acceptors (Lipinski definition) is 3. The third-order valence-corrected chi connectivity index (χ3v) is 6.67. The summed E-state index contributed by atoms with van der Waals surface area (Å²) in [6.45, 7) is 15.6. The van der Waals surface area contributed by atoms with Gasteiger partial charge in [-0.25, -0.2) is 0 Å². The van der Waals surface area contributed by atoms with Crippen molar-refractivity contribution in [2.45, 2.75) is 117 Å². The van der Waals surface area contributed by atoms with Crippen LogP contribution < -0.4 is 0 Å². The number of rotatable bonds is 11. The van der Waals surface area contributed by atoms with Crippen molar-refractivity contribution in [1.29, 1.82) is 0 Å². The van der Waals surface area contributed by atoms with Crippen molar-refractivity contribution in [2.75, 3.05) is 19.8 Å². The highest BCUT2D eigenvalue weighted by Crippen LogP contribution is 2.75. The fourth-order valence-electron chi connectivity index (χ4n) is 5.64. The molecule has 4 aliphatic rings. The molecular formula is C24H44O3. The summed E-state index contributed by atoms with van der Waals surface area (Å²) < 4.78 is 17.8. The second-order valence-corrected chi connectivity index (χ2v) is 12.0. The van der Waals surface area contributed by atoms with Crippen molar-refractivity contribution in [3.8, 4) is 0 Å². The molecule has 0 aromatic carbocycles. The normalized spacial score (nSPS) is 35.3. The lowest BCUT2D eigenvalue weighted by atomic mass is 9.34. The van der Waals surface area contributed by atoms with Crippen LogP contribution in [0.2, 0.25) is 0 Å². The van der Waals surface area contributed by atoms with Crippen LogP contribution in [0.5, 0.6) is 0 Å². The molecule has 27 heavy (non-hydrogen) atoms. The molecule has 4 fully saturated rings. The van der Waals surface area contributed by atoms with E-state index in [0.29, 0.717) is 16.9 Å². The third-order valence-electron chi connectivity index (χ3n) is 6.67. The predicted molar refractivity (Wildman–Crippen MR) is 111 cm³/mol. The topological polar surface area (TPSA) is 27.7 Å². The Balaban J connectivity index is 1.17. The molecule has 0 spiro atoms. The zero-order chi connectivity index (χ0) is 19.8. The molecule has 0 N–H and O–H groups in total. The first-order chi connectivity index (χ1) is 12.5. The molecule has 0 aromatic heterocycles. The van der Waals surface area contributed by atoms with E-state index in [1.807, 2.05) is 0 Å². The zero-order valence-electron chi connectivity index (χ0n) is 18.9. The minimum Gasteiger partial charge on any atom is -0.381 e. The molecular weight excluding hydrogens is 336 g/mol. The van der Waals surface area contributed by atoms with Crippen LogP contribution in [-0.2, 0) is 14.2 Å². The lowest BCUT2D eigenvalue weighted by molar-refractivity contribution is -0.237. The van der Waals surface area contributed by atoms with Crippen LogP contribution in [0.4, 0.5) is 0 Å². The number of unbranched alkanes of at least 4 members (excludes halogenated alkanes) is 1. The van der Waals surface area contributed by atoms with E-state index in [4.69, 9.17) is 14.2 Å². The Morgan fingerprint density at radius 2 is 1.44 bits per heavy atom. The van der Waals surface area contributed by atoms with Gasteiger partial charge in [0.25, 0.3) is 0 Å². The Labute approximate surface area is 167 Å². The molecule has 0 atom stereocenters. The monoisotopic (exact) mass is 380 g/mol. The molecule has 4 rings (SSSR count). The van der Waals surface area contributed by atoms with Crippen LogP contribution in [-0.4, -0.2) is 37.1 Å². The second kappa shape index (κ2) is 7.95. The van der Waals surface area contributed by atoms with E-state index < -0.39 is 0 Å². The molecule has 0 amide bonds. The van der Waals surface area contributed by atoms with E-state index in [1.54, 1.807) is 0 Å². The maximum absolute atomic E-state index is 6.07. The summed E-state index contributed by atoms with van der Waals surface area (Å²) in [4.78, 5) is 0. The van der Waals surface area contributed by atoms with Crippen LogP contribution >= 0.6 is 0 Å². The van der Waals surface area contributed by atoms with E-state index in [1.165, 1.54) is 44.9 Å². The lowest BCUT2D eigenvalue weighted by Gasteiger charge is -2.71. The average Bonchev–Trinajstić information content (AvgIpc) is 2.40. The average molecular weight is 381 g/mol. The fourth-order valence-corrected chi connectivity index (χ4v) is 5.64. The molecule has 0 radical (unpaired) electrons. The third kappa shape index (κ3) is 6.18. The lowest BCUT2D eigenvalue weighted by Crippen LogP contribution is -2.63. The molecule has 0 aromatic rings. The van der Waals surface area contributed by atoms with E-state index in [9.17, 15) is 0 Å². The quantitative estimate of drug-likeness (QED) is 0.403. The minimum absolute atomic E-state index is 0.0129. The summed E-state index contributed by atoms with van der Waals surface area (Å²) in [7, 11) is 0. The van der Waals surface area contributed by atoms with Gasteiger partial charge in [0.05, 0.1) is 23.9 Å². The van der Waals surface area contributed by atoms with Crippen molar-refractivity contribution >= 4 is 0 Å². The van der Waals surface area contributed by atoms with Gasteiger partial charge >= 0.3 is 0 Å². The maximum atomic E-state index is 6.07. The second-order valence-electron chi connectivity index (χ2n) is 12.0. The number of hydrogen-bond donors (Lipinski definition) is 0. The fraction of sp³-hybridized carbons (Fsp3) is 1.00. The van der Waals surface area contributed by atoms with Gasteiger partial charge in [-0.15, -0.1) is 0 Å². The maximum Gasteiger partial charge on any atom is 0.0602 e. The molecule has 4 saturated carbocycles. The van der Waals surface area contributed by atoms with Gasteiger partial charge in [0, 0.05) is 13.2 Å². The standard InChI is InChI=1S/C24H44O3/c1-21(2,3)26-12-8-7-11-25-18-24-15-23(16-24,17-24)10-9-19-13-20(14-19)27-22(4,5)6/h19-20H,7-18H2,1-6H3. The molecule has 3 nitrogen and oxygen atoms in total. The van der Waals surface area contributed by atoms with E-state index >= 15 is 0 Å². The number of ether oxygens (including phenoxy) is 3. The SMILES string of the molecule is CC(C)(C)OCCCCOCC12CC(CCC3CC(OC(C)(C)C)C3)(C1)C2. The van der Waals surface area contributed by atoms with Crippen LogP contribution in [0.25, 0.3) is 0 Å². The van der Waals surface area contributed by atoms with Crippen LogP contribution in [0, 0.1) is 16.7 Å². The molecule has 0 aliphatic heterocycles. The molecule has 4 aliphatic carbocycles. The van der Waals surface area contributed by atoms with E-state index in [0.717, 1.165) is 38.6 Å². The van der Waals surface area contributed by atoms with Gasteiger partial charge < -0.3 is 14.2 Å². The summed E-state index contributed by atoms with van der Waals surface area (Å²) in [5.74, 6) is 0.925. The van der Waals surface area contributed by atoms with Gasteiger partial charge in [-0.05, 0) is 116 Å². The van der Waals surface area contributed by atoms with Crippen LogP contribution in [0.3, 0.4) is 0 Å². The van der Waals surface area contributed by atoms with Crippen LogP contribution in [0.15, 0.2) is 0 Å². The van der Waals surface area contributed by atoms with Crippen molar-refractivity contribution in [3.63, 3.8) is 0 Å². The van der Waals surface area contributed by atoms with Gasteiger partial charge in [-0.3, -0.25) is 0 Å². The van der Waals surface area contributed by atoms with Crippen molar-refractivity contribution in [3.05, 3.63) is 0 Å². The molecule has 3 heteroatoms. The first-order valence-electron chi connectivity index (χ1n) is 11.4. The van der Waals surface area contributed by atoms with Gasteiger partial charge in [-0.2, -0.15) is 0 Å². The largest absolute Gasteiger partial charge is 0.381 e. The van der Waals surface area contributed by atoms with Crippen LogP contribution in [0.1, 0.15) is 99.3 Å². The van der Waals surface area contributed by atoms with Crippen molar-refractivity contribution in [2.24, 2.45) is 16.7 Å². The molecule has 0 saturated heterocycles. The first kappa shape index (κ1) is 21.6. The Morgan fingerprint density at radius 3 is 2.04 bits per heavy atom. The molecule has 0 heterocycles. The molecule has 0 unspecified atom stereocenters. The smallest absolute Gasteiger partial charge is 0.0602 e. The van der Waals surface area contributed by atoms with E-state index in [-0.39, 0.29) is 11.2 Å². The Bertz CT molecular complexity index is 459. The van der Waals surface area contributed by atoms with Crippen molar-refractivity contribution in [1.82, 2.24) is 0 Å².